The molecule has 2 amide bonds. The fraction of sp³-hybridized carbons (Fsp3) is 0.278. The fourth-order valence-corrected chi connectivity index (χ4v) is 2.88. The number of nitrogens with zero attached hydrogens (tertiary/aromatic N) is 1. The van der Waals surface area contributed by atoms with Gasteiger partial charge in [-0.1, -0.05) is 11.6 Å². The maximum absolute atomic E-state index is 13.7. The Morgan fingerprint density at radius 2 is 1.92 bits per heavy atom. The minimum atomic E-state index is -0.570. The van der Waals surface area contributed by atoms with E-state index in [1.165, 1.54) is 24.4 Å². The molecular weight excluding hydrogens is 359 g/mol. The van der Waals surface area contributed by atoms with E-state index in [-0.39, 0.29) is 28.9 Å². The highest BCUT2D eigenvalue weighted by atomic mass is 35.5. The number of piperidine rings is 1. The van der Waals surface area contributed by atoms with Gasteiger partial charge < -0.3 is 16.0 Å². The van der Waals surface area contributed by atoms with Crippen molar-refractivity contribution in [2.75, 3.05) is 23.7 Å². The Morgan fingerprint density at radius 3 is 2.62 bits per heavy atom. The molecule has 1 aromatic carbocycles. The molecule has 1 saturated heterocycles. The smallest absolute Gasteiger partial charge is 0.259 e. The average Bonchev–Trinajstić information content (AvgIpc) is 2.65. The van der Waals surface area contributed by atoms with Gasteiger partial charge in [0.25, 0.3) is 5.91 Å². The molecule has 0 saturated carbocycles. The first-order valence-electron chi connectivity index (χ1n) is 8.27. The van der Waals surface area contributed by atoms with Crippen molar-refractivity contribution in [2.45, 2.75) is 12.8 Å². The molecule has 1 aliphatic rings. The van der Waals surface area contributed by atoms with Gasteiger partial charge in [0.1, 0.15) is 11.6 Å². The summed E-state index contributed by atoms with van der Waals surface area (Å²) in [6, 6.07) is 6.79. The Kier molecular flexibility index (Phi) is 5.80. The van der Waals surface area contributed by atoms with E-state index in [0.717, 1.165) is 32.0 Å². The monoisotopic (exact) mass is 376 g/mol. The second-order valence-electron chi connectivity index (χ2n) is 6.02. The van der Waals surface area contributed by atoms with Crippen molar-refractivity contribution in [3.8, 4) is 0 Å². The van der Waals surface area contributed by atoms with Gasteiger partial charge in [-0.05, 0) is 56.3 Å². The van der Waals surface area contributed by atoms with Crippen molar-refractivity contribution in [3.63, 3.8) is 0 Å². The van der Waals surface area contributed by atoms with Crippen molar-refractivity contribution >= 4 is 34.9 Å². The van der Waals surface area contributed by atoms with Crippen LogP contribution in [-0.4, -0.2) is 29.9 Å². The number of rotatable bonds is 4. The standard InChI is InChI=1S/C18H18ClFN4O2/c19-12-1-4-16(22-10-12)24-18(26)14-9-13(20)2-3-15(14)23-17(25)11-5-7-21-8-6-11/h1-4,9-11,21H,5-8H2,(H,23,25)(H,22,24,26). The van der Waals surface area contributed by atoms with Crippen LogP contribution in [-0.2, 0) is 4.79 Å². The first-order chi connectivity index (χ1) is 12.5. The van der Waals surface area contributed by atoms with E-state index in [9.17, 15) is 14.0 Å². The number of hydrogen-bond donors (Lipinski definition) is 3. The second kappa shape index (κ2) is 8.25. The lowest BCUT2D eigenvalue weighted by Gasteiger charge is -2.22. The molecule has 26 heavy (non-hydrogen) atoms. The molecule has 6 nitrogen and oxygen atoms in total. The maximum Gasteiger partial charge on any atom is 0.259 e. The van der Waals surface area contributed by atoms with Crippen LogP contribution in [0, 0.1) is 11.7 Å². The third-order valence-electron chi connectivity index (χ3n) is 4.16. The van der Waals surface area contributed by atoms with Gasteiger partial charge in [-0.25, -0.2) is 9.37 Å². The number of benzene rings is 1. The van der Waals surface area contributed by atoms with E-state index in [1.54, 1.807) is 6.07 Å². The lowest BCUT2D eigenvalue weighted by Crippen LogP contribution is -2.35. The summed E-state index contributed by atoms with van der Waals surface area (Å²) in [7, 11) is 0. The van der Waals surface area contributed by atoms with Crippen LogP contribution in [0.3, 0.4) is 0 Å². The number of aromatic nitrogens is 1. The second-order valence-corrected chi connectivity index (χ2v) is 6.46. The molecule has 2 heterocycles. The zero-order valence-electron chi connectivity index (χ0n) is 13.9. The molecule has 1 aromatic heterocycles. The van der Waals surface area contributed by atoms with E-state index in [1.807, 2.05) is 0 Å². The van der Waals surface area contributed by atoms with Gasteiger partial charge in [-0.2, -0.15) is 0 Å². The topological polar surface area (TPSA) is 83.1 Å². The predicted octanol–water partition coefficient (Wildman–Crippen LogP) is 3.06. The Hall–Kier alpha value is -2.51. The minimum absolute atomic E-state index is 0.0315. The van der Waals surface area contributed by atoms with E-state index >= 15 is 0 Å². The third kappa shape index (κ3) is 4.56. The highest BCUT2D eigenvalue weighted by Gasteiger charge is 2.23. The number of hydrogen-bond acceptors (Lipinski definition) is 4. The van der Waals surface area contributed by atoms with E-state index in [0.29, 0.717) is 5.02 Å². The highest BCUT2D eigenvalue weighted by molar-refractivity contribution is 6.30. The van der Waals surface area contributed by atoms with Gasteiger partial charge in [0.2, 0.25) is 5.91 Å². The molecule has 0 unspecified atom stereocenters. The van der Waals surface area contributed by atoms with Crippen molar-refractivity contribution < 1.29 is 14.0 Å². The summed E-state index contributed by atoms with van der Waals surface area (Å²) < 4.78 is 13.7. The Morgan fingerprint density at radius 1 is 1.15 bits per heavy atom. The Bertz CT molecular complexity index is 807. The lowest BCUT2D eigenvalue weighted by atomic mass is 9.97. The van der Waals surface area contributed by atoms with Gasteiger partial charge in [-0.15, -0.1) is 0 Å². The van der Waals surface area contributed by atoms with Gasteiger partial charge in [0.05, 0.1) is 16.3 Å². The molecule has 0 atom stereocenters. The molecule has 1 aliphatic heterocycles. The molecule has 3 rings (SSSR count). The summed E-state index contributed by atoms with van der Waals surface area (Å²) in [4.78, 5) is 28.9. The summed E-state index contributed by atoms with van der Waals surface area (Å²) in [5, 5.41) is 8.94. The molecule has 3 N–H and O–H groups in total. The summed E-state index contributed by atoms with van der Waals surface area (Å²) in [5.74, 6) is -1.16. The lowest BCUT2D eigenvalue weighted by molar-refractivity contribution is -0.120. The van der Waals surface area contributed by atoms with Gasteiger partial charge in [-0.3, -0.25) is 9.59 Å². The van der Waals surface area contributed by atoms with E-state index < -0.39 is 11.7 Å². The van der Waals surface area contributed by atoms with E-state index in [4.69, 9.17) is 11.6 Å². The van der Waals surface area contributed by atoms with Crippen LogP contribution < -0.4 is 16.0 Å². The molecule has 8 heteroatoms. The molecule has 0 bridgehead atoms. The number of nitrogens with one attached hydrogen (secondary N) is 3. The highest BCUT2D eigenvalue weighted by Crippen LogP contribution is 2.21. The van der Waals surface area contributed by atoms with Crippen LogP contribution in [0.4, 0.5) is 15.9 Å². The Labute approximate surface area is 155 Å². The van der Waals surface area contributed by atoms with Gasteiger partial charge in [0, 0.05) is 12.1 Å². The fourth-order valence-electron chi connectivity index (χ4n) is 2.77. The van der Waals surface area contributed by atoms with Crippen LogP contribution in [0.2, 0.25) is 5.02 Å². The molecule has 1 fully saturated rings. The number of halogens is 2. The first-order valence-corrected chi connectivity index (χ1v) is 8.65. The van der Waals surface area contributed by atoms with Crippen LogP contribution in [0.15, 0.2) is 36.5 Å². The number of carbonyl (C=O) groups is 2. The Balaban J connectivity index is 1.77. The first kappa shape index (κ1) is 18.3. The van der Waals surface area contributed by atoms with Crippen molar-refractivity contribution in [3.05, 3.63) is 52.9 Å². The molecule has 0 spiro atoms. The van der Waals surface area contributed by atoms with Crippen LogP contribution in [0.25, 0.3) is 0 Å². The maximum atomic E-state index is 13.7. The molecule has 2 aromatic rings. The van der Waals surface area contributed by atoms with Crippen LogP contribution in [0.1, 0.15) is 23.2 Å². The summed E-state index contributed by atoms with van der Waals surface area (Å²) in [6.07, 6.45) is 2.84. The number of anilines is 2. The minimum Gasteiger partial charge on any atom is -0.325 e. The number of carbonyl (C=O) groups excluding carboxylic acids is 2. The average molecular weight is 377 g/mol. The molecule has 136 valence electrons. The van der Waals surface area contributed by atoms with Gasteiger partial charge in [0.15, 0.2) is 0 Å². The third-order valence-corrected chi connectivity index (χ3v) is 4.39. The summed E-state index contributed by atoms with van der Waals surface area (Å²) in [5.41, 5.74) is 0.297. The van der Waals surface area contributed by atoms with Crippen LogP contribution in [0.5, 0.6) is 0 Å². The van der Waals surface area contributed by atoms with Gasteiger partial charge >= 0.3 is 0 Å². The molecule has 0 radical (unpaired) electrons. The summed E-state index contributed by atoms with van der Waals surface area (Å²) >= 11 is 5.77. The zero-order valence-corrected chi connectivity index (χ0v) is 14.6. The van der Waals surface area contributed by atoms with Crippen molar-refractivity contribution in [1.82, 2.24) is 10.3 Å². The van der Waals surface area contributed by atoms with E-state index in [2.05, 4.69) is 20.9 Å². The number of amides is 2. The van der Waals surface area contributed by atoms with Crippen molar-refractivity contribution in [1.29, 1.82) is 0 Å². The molecule has 0 aliphatic carbocycles. The van der Waals surface area contributed by atoms with Crippen LogP contribution >= 0.6 is 11.6 Å². The predicted molar refractivity (Wildman–Crippen MR) is 97.8 cm³/mol. The molecular formula is C18H18ClFN4O2. The largest absolute Gasteiger partial charge is 0.325 e. The summed E-state index contributed by atoms with van der Waals surface area (Å²) in [6.45, 7) is 1.55. The number of pyridine rings is 1. The zero-order chi connectivity index (χ0) is 18.5. The normalized spacial score (nSPS) is 14.7. The SMILES string of the molecule is O=C(Nc1ccc(Cl)cn1)c1cc(F)ccc1NC(=O)C1CCNCC1. The quantitative estimate of drug-likeness (QED) is 0.765. The van der Waals surface area contributed by atoms with Crippen molar-refractivity contribution in [2.24, 2.45) is 5.92 Å².